The summed E-state index contributed by atoms with van der Waals surface area (Å²) in [5.74, 6) is 0.502. The van der Waals surface area contributed by atoms with Crippen molar-refractivity contribution in [1.82, 2.24) is 0 Å². The highest BCUT2D eigenvalue weighted by atomic mass is 127. The highest BCUT2D eigenvalue weighted by Crippen LogP contribution is 2.28. The van der Waals surface area contributed by atoms with E-state index in [-0.39, 0.29) is 18.3 Å². The van der Waals surface area contributed by atoms with Crippen LogP contribution in [0.1, 0.15) is 22.8 Å². The Morgan fingerprint density at radius 3 is 2.50 bits per heavy atom. The van der Waals surface area contributed by atoms with E-state index in [1.807, 2.05) is 25.1 Å². The molecule has 6 heteroatoms. The molecule has 0 saturated heterocycles. The number of carbonyl (C=O) groups is 2. The molecule has 0 saturated carbocycles. The molecule has 5 nitrogen and oxygen atoms in total. The smallest absolute Gasteiger partial charge is 0.262 e. The first kappa shape index (κ1) is 18.3. The number of amides is 1. The van der Waals surface area contributed by atoms with Gasteiger partial charge in [0.2, 0.25) is 0 Å². The van der Waals surface area contributed by atoms with E-state index in [4.69, 9.17) is 9.47 Å². The summed E-state index contributed by atoms with van der Waals surface area (Å²) in [6.07, 6.45) is 0. The van der Waals surface area contributed by atoms with Gasteiger partial charge in [-0.15, -0.1) is 0 Å². The quantitative estimate of drug-likeness (QED) is 0.549. The van der Waals surface area contributed by atoms with Gasteiger partial charge >= 0.3 is 0 Å². The number of carbonyl (C=O) groups excluding carboxylic acids is 2. The zero-order valence-electron chi connectivity index (χ0n) is 13.7. The van der Waals surface area contributed by atoms with E-state index in [1.165, 1.54) is 14.0 Å². The highest BCUT2D eigenvalue weighted by molar-refractivity contribution is 14.1. The van der Waals surface area contributed by atoms with Crippen molar-refractivity contribution in [1.29, 1.82) is 0 Å². The normalized spacial score (nSPS) is 10.2. The fraction of sp³-hybridized carbons (Fsp3) is 0.222. The Labute approximate surface area is 154 Å². The average Bonchev–Trinajstić information content (AvgIpc) is 2.55. The SMILES string of the molecule is COc1cc(C(C)=O)ccc1OCC(=O)Nc1ccc(I)cc1C. The van der Waals surface area contributed by atoms with E-state index in [0.29, 0.717) is 17.1 Å². The summed E-state index contributed by atoms with van der Waals surface area (Å²) in [5, 5.41) is 2.81. The van der Waals surface area contributed by atoms with Crippen LogP contribution in [0.4, 0.5) is 5.69 Å². The van der Waals surface area contributed by atoms with E-state index in [9.17, 15) is 9.59 Å². The van der Waals surface area contributed by atoms with Crippen LogP contribution in [0.15, 0.2) is 36.4 Å². The Balaban J connectivity index is 2.02. The van der Waals surface area contributed by atoms with E-state index in [0.717, 1.165) is 14.8 Å². The maximum Gasteiger partial charge on any atom is 0.262 e. The third-order valence-corrected chi connectivity index (χ3v) is 4.06. The zero-order chi connectivity index (χ0) is 17.7. The van der Waals surface area contributed by atoms with Gasteiger partial charge in [0.1, 0.15) is 0 Å². The van der Waals surface area contributed by atoms with Gasteiger partial charge in [-0.25, -0.2) is 0 Å². The van der Waals surface area contributed by atoms with Gasteiger partial charge < -0.3 is 14.8 Å². The van der Waals surface area contributed by atoms with Crippen molar-refractivity contribution < 1.29 is 19.1 Å². The number of ether oxygens (including phenoxy) is 2. The van der Waals surface area contributed by atoms with Gasteiger partial charge in [-0.3, -0.25) is 9.59 Å². The summed E-state index contributed by atoms with van der Waals surface area (Å²) in [7, 11) is 1.49. The number of Topliss-reactive ketones (excluding diaryl/α,β-unsaturated/α-hetero) is 1. The number of halogens is 1. The van der Waals surface area contributed by atoms with E-state index in [1.54, 1.807) is 18.2 Å². The third-order valence-electron chi connectivity index (χ3n) is 3.39. The second-order valence-corrected chi connectivity index (χ2v) is 6.46. The Morgan fingerprint density at radius 2 is 1.88 bits per heavy atom. The number of benzene rings is 2. The van der Waals surface area contributed by atoms with Crippen molar-refractivity contribution in [2.24, 2.45) is 0 Å². The van der Waals surface area contributed by atoms with Gasteiger partial charge in [-0.05, 0) is 78.4 Å². The molecule has 0 radical (unpaired) electrons. The lowest BCUT2D eigenvalue weighted by molar-refractivity contribution is -0.118. The molecule has 0 heterocycles. The third kappa shape index (κ3) is 4.70. The molecule has 0 spiro atoms. The fourth-order valence-electron chi connectivity index (χ4n) is 2.10. The molecule has 126 valence electrons. The minimum atomic E-state index is -0.267. The highest BCUT2D eigenvalue weighted by Gasteiger charge is 2.11. The van der Waals surface area contributed by atoms with Gasteiger partial charge in [-0.1, -0.05) is 0 Å². The van der Waals surface area contributed by atoms with Crippen molar-refractivity contribution >= 4 is 40.0 Å². The first-order valence-electron chi connectivity index (χ1n) is 7.28. The van der Waals surface area contributed by atoms with Gasteiger partial charge in [0.25, 0.3) is 5.91 Å². The monoisotopic (exact) mass is 439 g/mol. The molecule has 0 fully saturated rings. The Kier molecular flexibility index (Phi) is 6.19. The molecule has 0 aliphatic carbocycles. The molecule has 1 N–H and O–H groups in total. The summed E-state index contributed by atoms with van der Waals surface area (Å²) < 4.78 is 11.8. The second kappa shape index (κ2) is 8.14. The van der Waals surface area contributed by atoms with Crippen LogP contribution in [0, 0.1) is 10.5 Å². The number of methoxy groups -OCH3 is 1. The molecule has 2 aromatic carbocycles. The van der Waals surface area contributed by atoms with Crippen LogP contribution in [-0.2, 0) is 4.79 Å². The van der Waals surface area contributed by atoms with Crippen LogP contribution in [0.2, 0.25) is 0 Å². The number of aryl methyl sites for hydroxylation is 1. The molecule has 0 aliphatic heterocycles. The first-order valence-corrected chi connectivity index (χ1v) is 8.36. The van der Waals surface area contributed by atoms with Crippen LogP contribution in [-0.4, -0.2) is 25.4 Å². The summed E-state index contributed by atoms with van der Waals surface area (Å²) in [6.45, 7) is 3.26. The number of hydrogen-bond acceptors (Lipinski definition) is 4. The predicted octanol–water partition coefficient (Wildman–Crippen LogP) is 3.83. The average molecular weight is 439 g/mol. The summed E-state index contributed by atoms with van der Waals surface area (Å²) >= 11 is 2.22. The lowest BCUT2D eigenvalue weighted by Gasteiger charge is -2.12. The van der Waals surface area contributed by atoms with Crippen LogP contribution in [0.3, 0.4) is 0 Å². The number of rotatable bonds is 6. The van der Waals surface area contributed by atoms with Crippen LogP contribution in [0.5, 0.6) is 11.5 Å². The van der Waals surface area contributed by atoms with Gasteiger partial charge in [0, 0.05) is 14.8 Å². The standard InChI is InChI=1S/C18H18INO4/c1-11-8-14(19)5-6-15(11)20-18(22)10-24-16-7-4-13(12(2)21)9-17(16)23-3/h4-9H,10H2,1-3H3,(H,20,22). The number of nitrogens with one attached hydrogen (secondary N) is 1. The predicted molar refractivity (Wildman–Crippen MR) is 101 cm³/mol. The summed E-state index contributed by atoms with van der Waals surface area (Å²) in [5.41, 5.74) is 2.26. The van der Waals surface area contributed by atoms with Crippen molar-refractivity contribution in [2.45, 2.75) is 13.8 Å². The van der Waals surface area contributed by atoms with Gasteiger partial charge in [0.15, 0.2) is 23.9 Å². The fourth-order valence-corrected chi connectivity index (χ4v) is 2.75. The van der Waals surface area contributed by atoms with Crippen LogP contribution < -0.4 is 14.8 Å². The Morgan fingerprint density at radius 1 is 1.12 bits per heavy atom. The van der Waals surface area contributed by atoms with Crippen molar-refractivity contribution in [3.05, 3.63) is 51.1 Å². The first-order chi connectivity index (χ1) is 11.4. The van der Waals surface area contributed by atoms with Gasteiger partial charge in [0.05, 0.1) is 7.11 Å². The number of ketones is 1. The van der Waals surface area contributed by atoms with Gasteiger partial charge in [-0.2, -0.15) is 0 Å². The van der Waals surface area contributed by atoms with E-state index in [2.05, 4.69) is 27.9 Å². The Bertz CT molecular complexity index is 774. The minimum Gasteiger partial charge on any atom is -0.493 e. The molecular weight excluding hydrogens is 421 g/mol. The molecule has 2 rings (SSSR count). The van der Waals surface area contributed by atoms with E-state index < -0.39 is 0 Å². The molecule has 0 bridgehead atoms. The molecule has 0 atom stereocenters. The lowest BCUT2D eigenvalue weighted by Crippen LogP contribution is -2.20. The molecule has 0 unspecified atom stereocenters. The maximum absolute atomic E-state index is 12.1. The van der Waals surface area contributed by atoms with Crippen molar-refractivity contribution in [2.75, 3.05) is 19.0 Å². The van der Waals surface area contributed by atoms with E-state index >= 15 is 0 Å². The molecule has 0 aliphatic rings. The molecular formula is C18H18INO4. The van der Waals surface area contributed by atoms with Crippen molar-refractivity contribution in [3.63, 3.8) is 0 Å². The summed E-state index contributed by atoms with van der Waals surface area (Å²) in [4.78, 5) is 23.5. The van der Waals surface area contributed by atoms with Crippen LogP contribution in [0.25, 0.3) is 0 Å². The number of anilines is 1. The zero-order valence-corrected chi connectivity index (χ0v) is 15.8. The second-order valence-electron chi connectivity index (χ2n) is 5.22. The van der Waals surface area contributed by atoms with Crippen LogP contribution >= 0.6 is 22.6 Å². The molecule has 2 aromatic rings. The minimum absolute atomic E-state index is 0.0632. The maximum atomic E-state index is 12.1. The lowest BCUT2D eigenvalue weighted by atomic mass is 10.1. The number of hydrogen-bond donors (Lipinski definition) is 1. The Hall–Kier alpha value is -2.09. The largest absolute Gasteiger partial charge is 0.493 e. The topological polar surface area (TPSA) is 64.6 Å². The summed E-state index contributed by atoms with van der Waals surface area (Å²) in [6, 6.07) is 10.6. The molecule has 0 aromatic heterocycles. The van der Waals surface area contributed by atoms with Crippen molar-refractivity contribution in [3.8, 4) is 11.5 Å². The molecule has 1 amide bonds. The molecule has 24 heavy (non-hydrogen) atoms.